The molecular formula is C35H25F7N2O5. The third-order valence-corrected chi connectivity index (χ3v) is 10.4. The maximum absolute atomic E-state index is 14.8. The number of para-hydroxylation sites is 1. The van der Waals surface area contributed by atoms with Gasteiger partial charge in [-0.15, -0.1) is 0 Å². The molecule has 4 aliphatic rings. The van der Waals surface area contributed by atoms with Crippen molar-refractivity contribution in [3.63, 3.8) is 0 Å². The van der Waals surface area contributed by atoms with Crippen molar-refractivity contribution in [3.8, 4) is 5.75 Å². The van der Waals surface area contributed by atoms with Gasteiger partial charge in [0.1, 0.15) is 0 Å². The third kappa shape index (κ3) is 4.78. The summed E-state index contributed by atoms with van der Waals surface area (Å²) in [4.78, 5) is 57.6. The van der Waals surface area contributed by atoms with E-state index in [4.69, 9.17) is 0 Å². The number of rotatable bonds is 3. The molecular weight excluding hydrogens is 661 g/mol. The number of alkyl halides is 6. The highest BCUT2D eigenvalue weighted by molar-refractivity contribution is 6.25. The molecule has 0 aromatic heterocycles. The van der Waals surface area contributed by atoms with E-state index in [1.165, 1.54) is 6.07 Å². The van der Waals surface area contributed by atoms with Crippen LogP contribution in [0.3, 0.4) is 0 Å². The summed E-state index contributed by atoms with van der Waals surface area (Å²) in [7, 11) is 0. The van der Waals surface area contributed by atoms with Crippen LogP contribution in [0.1, 0.15) is 42.4 Å². The topological polar surface area (TPSA) is 95.0 Å². The lowest BCUT2D eigenvalue weighted by Gasteiger charge is -2.49. The van der Waals surface area contributed by atoms with E-state index in [1.807, 2.05) is 0 Å². The van der Waals surface area contributed by atoms with Crippen LogP contribution in [-0.2, 0) is 31.5 Å². The molecule has 0 bridgehead atoms. The van der Waals surface area contributed by atoms with Crippen LogP contribution >= 0.6 is 0 Å². The first-order valence-electron chi connectivity index (χ1n) is 15.2. The summed E-state index contributed by atoms with van der Waals surface area (Å²) in [5, 5.41) is 9.93. The molecule has 0 spiro atoms. The molecule has 14 heteroatoms. The van der Waals surface area contributed by atoms with E-state index in [-0.39, 0.29) is 30.2 Å². The number of amides is 4. The first kappa shape index (κ1) is 32.5. The number of carbonyl (C=O) groups excluding carboxylic acids is 4. The van der Waals surface area contributed by atoms with Gasteiger partial charge in [-0.1, -0.05) is 35.9 Å². The fourth-order valence-corrected chi connectivity index (χ4v) is 8.24. The molecule has 7 rings (SSSR count). The zero-order chi connectivity index (χ0) is 35.4. The molecule has 49 heavy (non-hydrogen) atoms. The van der Waals surface area contributed by atoms with Gasteiger partial charge in [-0.3, -0.25) is 19.2 Å². The molecule has 2 heterocycles. The Bertz CT molecular complexity index is 1940. The molecule has 1 saturated carbocycles. The van der Waals surface area contributed by atoms with Gasteiger partial charge in [0.05, 0.1) is 45.7 Å². The van der Waals surface area contributed by atoms with E-state index < -0.39 is 99.4 Å². The number of carbonyl (C=O) groups is 4. The number of imide groups is 2. The lowest BCUT2D eigenvalue weighted by atomic mass is 9.51. The molecule has 6 atom stereocenters. The number of hydrogen-bond donors (Lipinski definition) is 1. The molecule has 3 aromatic rings. The number of nitrogens with zero attached hydrogens (tertiary/aromatic N) is 2. The summed E-state index contributed by atoms with van der Waals surface area (Å²) in [5.41, 5.74) is -4.98. The van der Waals surface area contributed by atoms with Crippen molar-refractivity contribution in [1.29, 1.82) is 0 Å². The van der Waals surface area contributed by atoms with Gasteiger partial charge in [-0.2, -0.15) is 26.3 Å². The second-order valence-corrected chi connectivity index (χ2v) is 13.0. The van der Waals surface area contributed by atoms with Crippen molar-refractivity contribution < 1.29 is 55.0 Å². The smallest absolute Gasteiger partial charge is 0.416 e. The Morgan fingerprint density at radius 3 is 1.98 bits per heavy atom. The third-order valence-electron chi connectivity index (χ3n) is 10.4. The van der Waals surface area contributed by atoms with Gasteiger partial charge in [-0.25, -0.2) is 14.2 Å². The van der Waals surface area contributed by atoms with E-state index in [0.29, 0.717) is 22.6 Å². The Kier molecular flexibility index (Phi) is 7.13. The minimum atomic E-state index is -5.23. The number of halogens is 7. The summed E-state index contributed by atoms with van der Waals surface area (Å²) in [6.07, 6.45) is -9.19. The highest BCUT2D eigenvalue weighted by Crippen LogP contribution is 2.64. The highest BCUT2D eigenvalue weighted by Gasteiger charge is 2.67. The molecule has 0 radical (unpaired) electrons. The van der Waals surface area contributed by atoms with E-state index in [0.717, 1.165) is 17.0 Å². The van der Waals surface area contributed by atoms with Crippen LogP contribution in [0.15, 0.2) is 78.4 Å². The summed E-state index contributed by atoms with van der Waals surface area (Å²) >= 11 is 0. The molecule has 4 amide bonds. The molecule has 7 nitrogen and oxygen atoms in total. The van der Waals surface area contributed by atoms with Gasteiger partial charge in [0, 0.05) is 5.92 Å². The number of phenols is 1. The Morgan fingerprint density at radius 2 is 1.39 bits per heavy atom. The number of phenolic OH excluding ortho intramolecular Hbond substituents is 1. The summed E-state index contributed by atoms with van der Waals surface area (Å²) in [5.74, 6) is -10.6. The van der Waals surface area contributed by atoms with Crippen molar-refractivity contribution in [2.75, 3.05) is 9.80 Å². The molecule has 2 aliphatic heterocycles. The van der Waals surface area contributed by atoms with Crippen molar-refractivity contribution in [2.24, 2.45) is 29.1 Å². The predicted octanol–water partition coefficient (Wildman–Crippen LogP) is 7.00. The number of allylic oxidation sites excluding steroid dienone is 2. The van der Waals surface area contributed by atoms with Crippen molar-refractivity contribution in [1.82, 2.24) is 0 Å². The second-order valence-electron chi connectivity index (χ2n) is 13.0. The fourth-order valence-electron chi connectivity index (χ4n) is 8.24. The number of aromatic hydroxyl groups is 1. The lowest BCUT2D eigenvalue weighted by molar-refractivity contribution is -0.143. The number of fused-ring (bicyclic) bond motifs is 4. The Hall–Kier alpha value is -5.01. The predicted molar refractivity (Wildman–Crippen MR) is 158 cm³/mol. The first-order valence-corrected chi connectivity index (χ1v) is 15.2. The van der Waals surface area contributed by atoms with Crippen molar-refractivity contribution >= 4 is 35.0 Å². The Morgan fingerprint density at radius 1 is 0.755 bits per heavy atom. The lowest BCUT2D eigenvalue weighted by Crippen LogP contribution is -2.48. The van der Waals surface area contributed by atoms with Gasteiger partial charge in [-0.05, 0) is 73.7 Å². The number of hydrogen-bond acceptors (Lipinski definition) is 5. The number of benzene rings is 3. The largest absolute Gasteiger partial charge is 0.505 e. The monoisotopic (exact) mass is 686 g/mol. The molecule has 254 valence electrons. The highest BCUT2D eigenvalue weighted by atomic mass is 19.4. The molecule has 2 saturated heterocycles. The van der Waals surface area contributed by atoms with E-state index in [9.17, 15) is 55.0 Å². The van der Waals surface area contributed by atoms with Crippen LogP contribution in [-0.4, -0.2) is 28.7 Å². The zero-order valence-electron chi connectivity index (χ0n) is 25.3. The van der Waals surface area contributed by atoms with Crippen molar-refractivity contribution in [2.45, 2.75) is 38.0 Å². The quantitative estimate of drug-likeness (QED) is 0.182. The average Bonchev–Trinajstić information content (AvgIpc) is 3.41. The standard InChI is InChI=1S/C35H25F7N2O5/c1-33-24(30(47)44(32(33)49)19-5-3-2-4-6-19)15-23-21(28(33)16-7-10-26(45)25(36)11-16)8-9-22-27(23)31(48)43(29(22)46)20-13-17(34(37,38)39)12-18(14-20)35(40,41)42/h2-8,10-14,22-24,27-28,45H,9,15H2,1H3/t22-,23+,24-,27-,28-,33+/m0/s1. The normalized spacial score (nSPS) is 28.4. The van der Waals surface area contributed by atoms with Gasteiger partial charge >= 0.3 is 12.4 Å². The Balaban J connectivity index is 1.36. The average molecular weight is 687 g/mol. The van der Waals surface area contributed by atoms with Crippen LogP contribution in [0, 0.1) is 34.9 Å². The van der Waals surface area contributed by atoms with Gasteiger partial charge < -0.3 is 5.11 Å². The SMILES string of the molecule is C[C@@]12C(=O)N(c3ccccc3)C(=O)[C@@H]1C[C@@H]1C(=CC[C@@H]3C(=O)N(c4cc(C(F)(F)F)cc(C(F)(F)F)c4)C(=O)[C@@H]31)[C@@H]2c1ccc(O)c(F)c1. The van der Waals surface area contributed by atoms with E-state index >= 15 is 0 Å². The van der Waals surface area contributed by atoms with Crippen LogP contribution < -0.4 is 9.80 Å². The minimum absolute atomic E-state index is 0.105. The van der Waals surface area contributed by atoms with Crippen molar-refractivity contribution in [3.05, 3.63) is 101 Å². The molecule has 3 fully saturated rings. The van der Waals surface area contributed by atoms with Gasteiger partial charge in [0.15, 0.2) is 11.6 Å². The molecule has 1 N–H and O–H groups in total. The van der Waals surface area contributed by atoms with E-state index in [1.54, 1.807) is 43.3 Å². The molecule has 0 unspecified atom stereocenters. The maximum Gasteiger partial charge on any atom is 0.416 e. The van der Waals surface area contributed by atoms with Crippen LogP contribution in [0.2, 0.25) is 0 Å². The fraction of sp³-hybridized carbons (Fsp3) is 0.314. The van der Waals surface area contributed by atoms with E-state index in [2.05, 4.69) is 0 Å². The van der Waals surface area contributed by atoms with Gasteiger partial charge in [0.2, 0.25) is 23.6 Å². The van der Waals surface area contributed by atoms with Crippen LogP contribution in [0.4, 0.5) is 42.1 Å². The van der Waals surface area contributed by atoms with Crippen LogP contribution in [0.25, 0.3) is 0 Å². The maximum atomic E-state index is 14.8. The number of anilines is 2. The Labute approximate surface area is 273 Å². The zero-order valence-corrected chi connectivity index (χ0v) is 25.3. The minimum Gasteiger partial charge on any atom is -0.505 e. The summed E-state index contributed by atoms with van der Waals surface area (Å²) < 4.78 is 97.1. The summed E-state index contributed by atoms with van der Waals surface area (Å²) in [6.45, 7) is 1.55. The summed E-state index contributed by atoms with van der Waals surface area (Å²) in [6, 6.07) is 12.0. The first-order chi connectivity index (χ1) is 22.9. The van der Waals surface area contributed by atoms with Crippen LogP contribution in [0.5, 0.6) is 5.75 Å². The molecule has 3 aromatic carbocycles. The van der Waals surface area contributed by atoms with Gasteiger partial charge in [0.25, 0.3) is 0 Å². The second kappa shape index (κ2) is 10.7. The molecule has 2 aliphatic carbocycles.